The number of fused-ring (bicyclic) bond motifs is 1. The van der Waals surface area contributed by atoms with Gasteiger partial charge in [-0.05, 0) is 42.7 Å². The topological polar surface area (TPSA) is 68.5 Å². The molecule has 0 saturated carbocycles. The zero-order valence-electron chi connectivity index (χ0n) is 13.5. The highest BCUT2D eigenvalue weighted by atomic mass is 35.5. The van der Waals surface area contributed by atoms with Crippen LogP contribution in [0.3, 0.4) is 0 Å². The van der Waals surface area contributed by atoms with E-state index in [1.807, 2.05) is 13.8 Å². The molecule has 24 heavy (non-hydrogen) atoms. The lowest BCUT2D eigenvalue weighted by atomic mass is 10.0. The third-order valence-corrected chi connectivity index (χ3v) is 4.45. The molecule has 1 aliphatic carbocycles. The van der Waals surface area contributed by atoms with Crippen LogP contribution >= 0.6 is 11.6 Å². The average Bonchev–Trinajstić information content (AvgIpc) is 3.16. The van der Waals surface area contributed by atoms with Crippen molar-refractivity contribution in [3.05, 3.63) is 52.4 Å². The molecule has 0 unspecified atom stereocenters. The first-order valence-corrected chi connectivity index (χ1v) is 8.16. The number of hydrogen-bond acceptors (Lipinski definition) is 4. The minimum Gasteiger partial charge on any atom is -0.483 e. The molecule has 2 atom stereocenters. The number of rotatable bonds is 5. The highest BCUT2D eigenvalue weighted by Crippen LogP contribution is 2.42. The van der Waals surface area contributed by atoms with Crippen LogP contribution in [0.15, 0.2) is 34.9 Å². The summed E-state index contributed by atoms with van der Waals surface area (Å²) in [4.78, 5) is 24.2. The van der Waals surface area contributed by atoms with Gasteiger partial charge in [0.05, 0.1) is 17.9 Å². The van der Waals surface area contributed by atoms with Gasteiger partial charge >= 0.3 is 0 Å². The molecule has 0 bridgehead atoms. The molecule has 1 heterocycles. The number of carbonyl (C=O) groups excluding carboxylic acids is 2. The minimum absolute atomic E-state index is 0.000591. The number of nitrogens with one attached hydrogen (secondary N) is 1. The van der Waals surface area contributed by atoms with E-state index in [-0.39, 0.29) is 30.3 Å². The van der Waals surface area contributed by atoms with Crippen molar-refractivity contribution in [2.45, 2.75) is 32.2 Å². The standard InChI is InChI=1S/C18H18ClNO4/c1-10-8-13(21)18-15(6-5-12(19)17(10)18)24-9-16(22)20-11(2)14-4-3-7-23-14/h3-7,10-11H,8-9H2,1-2H3,(H,20,22)/t10-,11-/m0/s1. The van der Waals surface area contributed by atoms with E-state index in [9.17, 15) is 9.59 Å². The Bertz CT molecular complexity index is 770. The van der Waals surface area contributed by atoms with Crippen molar-refractivity contribution >= 4 is 23.3 Å². The lowest BCUT2D eigenvalue weighted by Crippen LogP contribution is -2.31. The molecule has 0 aliphatic heterocycles. The number of ketones is 1. The fraction of sp³-hybridized carbons (Fsp3) is 0.333. The molecule has 1 aromatic carbocycles. The summed E-state index contributed by atoms with van der Waals surface area (Å²) in [7, 11) is 0. The van der Waals surface area contributed by atoms with Crippen LogP contribution < -0.4 is 10.1 Å². The number of hydrogen-bond donors (Lipinski definition) is 1. The van der Waals surface area contributed by atoms with Crippen molar-refractivity contribution < 1.29 is 18.7 Å². The first-order chi connectivity index (χ1) is 11.5. The summed E-state index contributed by atoms with van der Waals surface area (Å²) in [5.74, 6) is 0.848. The fourth-order valence-electron chi connectivity index (χ4n) is 2.98. The van der Waals surface area contributed by atoms with E-state index in [0.717, 1.165) is 5.56 Å². The van der Waals surface area contributed by atoms with Gasteiger partial charge in [-0.3, -0.25) is 9.59 Å². The second-order valence-electron chi connectivity index (χ2n) is 5.96. The van der Waals surface area contributed by atoms with Gasteiger partial charge in [-0.2, -0.15) is 0 Å². The van der Waals surface area contributed by atoms with Gasteiger partial charge in [0, 0.05) is 11.4 Å². The van der Waals surface area contributed by atoms with E-state index < -0.39 is 0 Å². The largest absolute Gasteiger partial charge is 0.483 e. The van der Waals surface area contributed by atoms with Gasteiger partial charge in [0.15, 0.2) is 12.4 Å². The Morgan fingerprint density at radius 3 is 2.96 bits per heavy atom. The molecular weight excluding hydrogens is 330 g/mol. The molecule has 3 rings (SSSR count). The van der Waals surface area contributed by atoms with Gasteiger partial charge in [-0.25, -0.2) is 0 Å². The molecule has 1 aliphatic rings. The van der Waals surface area contributed by atoms with Crippen LogP contribution in [0.1, 0.15) is 53.9 Å². The molecule has 0 spiro atoms. The normalized spacial score (nSPS) is 17.5. The number of carbonyl (C=O) groups is 2. The van der Waals surface area contributed by atoms with Crippen LogP contribution in [-0.2, 0) is 4.79 Å². The lowest BCUT2D eigenvalue weighted by Gasteiger charge is -2.14. The van der Waals surface area contributed by atoms with Gasteiger partial charge < -0.3 is 14.5 Å². The van der Waals surface area contributed by atoms with E-state index >= 15 is 0 Å². The molecule has 126 valence electrons. The van der Waals surface area contributed by atoms with Gasteiger partial charge in [0.2, 0.25) is 0 Å². The van der Waals surface area contributed by atoms with Gasteiger partial charge in [0.1, 0.15) is 11.5 Å². The monoisotopic (exact) mass is 347 g/mol. The van der Waals surface area contributed by atoms with Crippen molar-refractivity contribution in [1.82, 2.24) is 5.32 Å². The highest BCUT2D eigenvalue weighted by Gasteiger charge is 2.32. The van der Waals surface area contributed by atoms with Gasteiger partial charge in [-0.1, -0.05) is 18.5 Å². The summed E-state index contributed by atoms with van der Waals surface area (Å²) < 4.78 is 10.8. The summed E-state index contributed by atoms with van der Waals surface area (Å²) in [6, 6.07) is 6.64. The fourth-order valence-corrected chi connectivity index (χ4v) is 3.32. The summed E-state index contributed by atoms with van der Waals surface area (Å²) in [6.45, 7) is 3.60. The Hall–Kier alpha value is -2.27. The SMILES string of the molecule is C[C@H](NC(=O)COc1ccc(Cl)c2c1C(=O)C[C@@H]2C)c1ccco1. The van der Waals surface area contributed by atoms with E-state index in [1.165, 1.54) is 0 Å². The third kappa shape index (κ3) is 3.17. The number of furan rings is 1. The second kappa shape index (κ2) is 6.69. The lowest BCUT2D eigenvalue weighted by molar-refractivity contribution is -0.123. The van der Waals surface area contributed by atoms with Crippen molar-refractivity contribution in [3.63, 3.8) is 0 Å². The van der Waals surface area contributed by atoms with E-state index in [0.29, 0.717) is 28.5 Å². The third-order valence-electron chi connectivity index (χ3n) is 4.12. The quantitative estimate of drug-likeness (QED) is 0.891. The van der Waals surface area contributed by atoms with Gasteiger partial charge in [0.25, 0.3) is 5.91 Å². The van der Waals surface area contributed by atoms with E-state index in [4.69, 9.17) is 20.8 Å². The molecule has 0 fully saturated rings. The molecule has 1 aromatic heterocycles. The molecular formula is C18H18ClNO4. The Balaban J connectivity index is 1.67. The van der Waals surface area contributed by atoms with Crippen LogP contribution in [0.2, 0.25) is 5.02 Å². The van der Waals surface area contributed by atoms with Crippen molar-refractivity contribution in [2.24, 2.45) is 0 Å². The second-order valence-corrected chi connectivity index (χ2v) is 6.36. The zero-order chi connectivity index (χ0) is 17.3. The van der Waals surface area contributed by atoms with Crippen molar-refractivity contribution in [1.29, 1.82) is 0 Å². The van der Waals surface area contributed by atoms with Crippen molar-refractivity contribution in [2.75, 3.05) is 6.61 Å². The highest BCUT2D eigenvalue weighted by molar-refractivity contribution is 6.32. The summed E-state index contributed by atoms with van der Waals surface area (Å²) >= 11 is 6.19. The molecule has 6 heteroatoms. The Kier molecular flexibility index (Phi) is 4.62. The maximum atomic E-state index is 12.2. The maximum Gasteiger partial charge on any atom is 0.258 e. The smallest absolute Gasteiger partial charge is 0.258 e. The van der Waals surface area contributed by atoms with E-state index in [1.54, 1.807) is 30.5 Å². The Morgan fingerprint density at radius 2 is 2.25 bits per heavy atom. The van der Waals surface area contributed by atoms with Gasteiger partial charge in [-0.15, -0.1) is 0 Å². The molecule has 0 radical (unpaired) electrons. The number of ether oxygens (including phenoxy) is 1. The summed E-state index contributed by atoms with van der Waals surface area (Å²) in [6.07, 6.45) is 1.97. The molecule has 1 N–H and O–H groups in total. The number of amides is 1. The predicted octanol–water partition coefficient (Wildman–Crippen LogP) is 3.88. The minimum atomic E-state index is -0.291. The Morgan fingerprint density at radius 1 is 1.46 bits per heavy atom. The Labute approximate surface area is 144 Å². The first-order valence-electron chi connectivity index (χ1n) is 7.78. The predicted molar refractivity (Wildman–Crippen MR) is 89.6 cm³/mol. The van der Waals surface area contributed by atoms with Crippen LogP contribution in [0, 0.1) is 0 Å². The molecule has 1 amide bonds. The average molecular weight is 348 g/mol. The number of benzene rings is 1. The van der Waals surface area contributed by atoms with Crippen LogP contribution in [0.5, 0.6) is 5.75 Å². The van der Waals surface area contributed by atoms with Crippen LogP contribution in [-0.4, -0.2) is 18.3 Å². The summed E-state index contributed by atoms with van der Waals surface area (Å²) in [5.41, 5.74) is 1.31. The van der Waals surface area contributed by atoms with Crippen molar-refractivity contribution in [3.8, 4) is 5.75 Å². The summed E-state index contributed by atoms with van der Waals surface area (Å²) in [5, 5.41) is 3.34. The van der Waals surface area contributed by atoms with Crippen LogP contribution in [0.25, 0.3) is 0 Å². The first kappa shape index (κ1) is 16.6. The number of halogens is 1. The maximum absolute atomic E-state index is 12.2. The van der Waals surface area contributed by atoms with E-state index in [2.05, 4.69) is 5.32 Å². The molecule has 5 nitrogen and oxygen atoms in total. The van der Waals surface area contributed by atoms with Crippen LogP contribution in [0.4, 0.5) is 0 Å². The number of Topliss-reactive ketones (excluding diaryl/α,β-unsaturated/α-hetero) is 1. The zero-order valence-corrected chi connectivity index (χ0v) is 14.2. The molecule has 0 saturated heterocycles. The molecule has 2 aromatic rings.